The molecule has 0 spiro atoms. The van der Waals surface area contributed by atoms with Crippen molar-refractivity contribution in [1.82, 2.24) is 15.5 Å². The summed E-state index contributed by atoms with van der Waals surface area (Å²) in [6.45, 7) is 7.20. The molecule has 25 heavy (non-hydrogen) atoms. The second kappa shape index (κ2) is 10.9. The lowest BCUT2D eigenvalue weighted by Gasteiger charge is -2.30. The van der Waals surface area contributed by atoms with Gasteiger partial charge in [-0.15, -0.1) is 0 Å². The van der Waals surface area contributed by atoms with Gasteiger partial charge >= 0.3 is 0 Å². The number of benzene rings is 1. The van der Waals surface area contributed by atoms with Gasteiger partial charge in [-0.25, -0.2) is 0 Å². The first kappa shape index (κ1) is 19.5. The molecule has 2 rings (SSSR count). The van der Waals surface area contributed by atoms with Crippen molar-refractivity contribution in [3.8, 4) is 5.75 Å². The Morgan fingerprint density at radius 2 is 2.00 bits per heavy atom. The van der Waals surface area contributed by atoms with E-state index >= 15 is 0 Å². The molecule has 1 fully saturated rings. The summed E-state index contributed by atoms with van der Waals surface area (Å²) in [6, 6.07) is 8.56. The highest BCUT2D eigenvalue weighted by Gasteiger charge is 2.25. The van der Waals surface area contributed by atoms with E-state index in [-0.39, 0.29) is 6.04 Å². The summed E-state index contributed by atoms with van der Waals surface area (Å²) in [6.07, 6.45) is 2.51. The predicted molar refractivity (Wildman–Crippen MR) is 102 cm³/mol. The van der Waals surface area contributed by atoms with Gasteiger partial charge in [-0.2, -0.15) is 0 Å². The van der Waals surface area contributed by atoms with E-state index in [1.165, 1.54) is 18.4 Å². The van der Waals surface area contributed by atoms with Crippen LogP contribution in [-0.4, -0.2) is 64.4 Å². The lowest BCUT2D eigenvalue weighted by atomic mass is 10.0. The summed E-state index contributed by atoms with van der Waals surface area (Å²) in [5.41, 5.74) is 1.23. The summed E-state index contributed by atoms with van der Waals surface area (Å²) < 4.78 is 11.0. The van der Waals surface area contributed by atoms with Gasteiger partial charge in [0.2, 0.25) is 0 Å². The molecular weight excluding hydrogens is 316 g/mol. The molecule has 0 radical (unpaired) electrons. The molecule has 0 amide bonds. The highest BCUT2D eigenvalue weighted by molar-refractivity contribution is 5.79. The van der Waals surface area contributed by atoms with Gasteiger partial charge in [0.15, 0.2) is 5.96 Å². The number of guanidine groups is 1. The van der Waals surface area contributed by atoms with Crippen LogP contribution in [0.4, 0.5) is 0 Å². The minimum atomic E-state index is 0.268. The van der Waals surface area contributed by atoms with Crippen LogP contribution < -0.4 is 15.4 Å². The van der Waals surface area contributed by atoms with Crippen molar-refractivity contribution in [2.75, 3.05) is 53.6 Å². The molecule has 1 aromatic rings. The van der Waals surface area contributed by atoms with Crippen molar-refractivity contribution in [1.29, 1.82) is 0 Å². The van der Waals surface area contributed by atoms with Gasteiger partial charge in [-0.1, -0.05) is 18.2 Å². The standard InChI is InChI=1S/C19H32N4O2/c1-4-25-14-11-21-19(20-2)22-15-17(23-12-7-8-13-23)16-9-5-6-10-18(16)24-3/h5-6,9-10,17H,4,7-8,11-15H2,1-3H3,(H2,20,21,22). The molecule has 2 N–H and O–H groups in total. The Kier molecular flexibility index (Phi) is 8.55. The highest BCUT2D eigenvalue weighted by Crippen LogP contribution is 2.31. The minimum absolute atomic E-state index is 0.268. The normalized spacial score (nSPS) is 16.7. The summed E-state index contributed by atoms with van der Waals surface area (Å²) in [5.74, 6) is 1.75. The number of para-hydroxylation sites is 1. The molecule has 0 saturated carbocycles. The molecule has 6 nitrogen and oxygen atoms in total. The second-order valence-corrected chi connectivity index (χ2v) is 6.08. The van der Waals surface area contributed by atoms with Gasteiger partial charge in [0, 0.05) is 32.3 Å². The van der Waals surface area contributed by atoms with Crippen molar-refractivity contribution in [3.63, 3.8) is 0 Å². The fourth-order valence-corrected chi connectivity index (χ4v) is 3.23. The number of rotatable bonds is 9. The summed E-state index contributed by atoms with van der Waals surface area (Å²) in [7, 11) is 3.53. The average molecular weight is 348 g/mol. The van der Waals surface area contributed by atoms with Crippen molar-refractivity contribution in [3.05, 3.63) is 29.8 Å². The Bertz CT molecular complexity index is 530. The van der Waals surface area contributed by atoms with Crippen LogP contribution in [0.25, 0.3) is 0 Å². The largest absolute Gasteiger partial charge is 0.496 e. The van der Waals surface area contributed by atoms with Crippen LogP contribution >= 0.6 is 0 Å². The van der Waals surface area contributed by atoms with Crippen LogP contribution in [0.3, 0.4) is 0 Å². The van der Waals surface area contributed by atoms with Gasteiger partial charge in [0.05, 0.1) is 19.8 Å². The van der Waals surface area contributed by atoms with E-state index in [1.54, 1.807) is 14.2 Å². The molecule has 0 aromatic heterocycles. The van der Waals surface area contributed by atoms with Crippen LogP contribution in [-0.2, 0) is 4.74 Å². The molecule has 1 unspecified atom stereocenters. The third-order valence-corrected chi connectivity index (χ3v) is 4.51. The van der Waals surface area contributed by atoms with E-state index in [1.807, 2.05) is 19.1 Å². The van der Waals surface area contributed by atoms with Crippen molar-refractivity contribution >= 4 is 5.96 Å². The van der Waals surface area contributed by atoms with E-state index in [4.69, 9.17) is 9.47 Å². The zero-order valence-electron chi connectivity index (χ0n) is 15.8. The average Bonchev–Trinajstić information content (AvgIpc) is 3.18. The van der Waals surface area contributed by atoms with E-state index in [0.29, 0.717) is 6.61 Å². The Morgan fingerprint density at radius 1 is 1.24 bits per heavy atom. The van der Waals surface area contributed by atoms with Gasteiger partial charge in [-0.05, 0) is 38.9 Å². The second-order valence-electron chi connectivity index (χ2n) is 6.08. The smallest absolute Gasteiger partial charge is 0.191 e. The van der Waals surface area contributed by atoms with Gasteiger partial charge < -0.3 is 20.1 Å². The SMILES string of the molecule is CCOCCNC(=NC)NCC(c1ccccc1OC)N1CCCC1. The fourth-order valence-electron chi connectivity index (χ4n) is 3.23. The zero-order valence-corrected chi connectivity index (χ0v) is 15.8. The van der Waals surface area contributed by atoms with Gasteiger partial charge in [0.25, 0.3) is 0 Å². The van der Waals surface area contributed by atoms with Crippen LogP contribution in [0.5, 0.6) is 5.75 Å². The zero-order chi connectivity index (χ0) is 17.9. The molecule has 1 saturated heterocycles. The number of hydrogen-bond acceptors (Lipinski definition) is 4. The van der Waals surface area contributed by atoms with E-state index in [0.717, 1.165) is 44.5 Å². The maximum Gasteiger partial charge on any atom is 0.191 e. The summed E-state index contributed by atoms with van der Waals surface area (Å²) in [5, 5.41) is 6.75. The molecule has 0 aliphatic carbocycles. The number of nitrogens with one attached hydrogen (secondary N) is 2. The lowest BCUT2D eigenvalue weighted by Crippen LogP contribution is -2.43. The number of aliphatic imine (C=N–C) groups is 1. The highest BCUT2D eigenvalue weighted by atomic mass is 16.5. The molecule has 1 aromatic carbocycles. The van der Waals surface area contributed by atoms with E-state index in [9.17, 15) is 0 Å². The maximum absolute atomic E-state index is 5.59. The maximum atomic E-state index is 5.59. The van der Waals surface area contributed by atoms with Crippen LogP contribution in [0.2, 0.25) is 0 Å². The molecule has 6 heteroatoms. The molecular formula is C19H32N4O2. The molecule has 140 valence electrons. The Balaban J connectivity index is 2.01. The Labute approximate surface area is 151 Å². The fraction of sp³-hybridized carbons (Fsp3) is 0.632. The minimum Gasteiger partial charge on any atom is -0.496 e. The number of methoxy groups -OCH3 is 1. The quantitative estimate of drug-likeness (QED) is 0.406. The van der Waals surface area contributed by atoms with Crippen LogP contribution in [0.15, 0.2) is 29.3 Å². The van der Waals surface area contributed by atoms with E-state index in [2.05, 4.69) is 32.7 Å². The number of nitrogens with zero attached hydrogens (tertiary/aromatic N) is 2. The topological polar surface area (TPSA) is 58.1 Å². The number of hydrogen-bond donors (Lipinski definition) is 2. The van der Waals surface area contributed by atoms with Gasteiger partial charge in [0.1, 0.15) is 5.75 Å². The lowest BCUT2D eigenvalue weighted by molar-refractivity contribution is 0.152. The number of likely N-dealkylation sites (tertiary alicyclic amines) is 1. The monoisotopic (exact) mass is 348 g/mol. The van der Waals surface area contributed by atoms with Crippen LogP contribution in [0.1, 0.15) is 31.4 Å². The number of ether oxygens (including phenoxy) is 2. The van der Waals surface area contributed by atoms with Crippen LogP contribution in [0, 0.1) is 0 Å². The first-order valence-corrected chi connectivity index (χ1v) is 9.19. The molecule has 1 aliphatic heterocycles. The Hall–Kier alpha value is -1.79. The van der Waals surface area contributed by atoms with Crippen molar-refractivity contribution < 1.29 is 9.47 Å². The third-order valence-electron chi connectivity index (χ3n) is 4.51. The molecule has 1 atom stereocenters. The predicted octanol–water partition coefficient (Wildman–Crippen LogP) is 2.03. The first-order valence-electron chi connectivity index (χ1n) is 9.19. The molecule has 0 bridgehead atoms. The first-order chi connectivity index (χ1) is 12.3. The van der Waals surface area contributed by atoms with Crippen molar-refractivity contribution in [2.45, 2.75) is 25.8 Å². The summed E-state index contributed by atoms with van der Waals surface area (Å²) >= 11 is 0. The van der Waals surface area contributed by atoms with E-state index < -0.39 is 0 Å². The van der Waals surface area contributed by atoms with Crippen molar-refractivity contribution in [2.24, 2.45) is 4.99 Å². The third kappa shape index (κ3) is 5.90. The Morgan fingerprint density at radius 3 is 2.68 bits per heavy atom. The molecule has 1 aliphatic rings. The molecule has 1 heterocycles. The van der Waals surface area contributed by atoms with Gasteiger partial charge in [-0.3, -0.25) is 9.89 Å². The summed E-state index contributed by atoms with van der Waals surface area (Å²) in [4.78, 5) is 6.84.